The van der Waals surface area contributed by atoms with Crippen LogP contribution in [0.1, 0.15) is 36.9 Å². The van der Waals surface area contributed by atoms with E-state index in [0.29, 0.717) is 12.2 Å². The first-order chi connectivity index (χ1) is 11.1. The van der Waals surface area contributed by atoms with Crippen LogP contribution < -0.4 is 0 Å². The number of imidazole rings is 1. The predicted molar refractivity (Wildman–Crippen MR) is 92.6 cm³/mol. The van der Waals surface area contributed by atoms with Crippen LogP contribution in [0.25, 0.3) is 0 Å². The number of rotatable bonds is 7. The average Bonchev–Trinajstić information content (AvgIpc) is 3.08. The van der Waals surface area contributed by atoms with Crippen LogP contribution in [0, 0.1) is 5.82 Å². The lowest BCUT2D eigenvalue weighted by Crippen LogP contribution is -2.13. The van der Waals surface area contributed by atoms with Gasteiger partial charge in [-0.15, -0.1) is 0 Å². The fourth-order valence-electron chi connectivity index (χ4n) is 1.94. The normalized spacial score (nSPS) is 13.5. The van der Waals surface area contributed by atoms with Crippen LogP contribution in [0.4, 0.5) is 8.78 Å². The summed E-state index contributed by atoms with van der Waals surface area (Å²) in [5.41, 5.74) is 0.638. The Labute approximate surface area is 144 Å². The molecule has 2 atom stereocenters. The monoisotopic (exact) mass is 356 g/mol. The van der Waals surface area contributed by atoms with Gasteiger partial charge in [0.25, 0.3) is 0 Å². The summed E-state index contributed by atoms with van der Waals surface area (Å²) in [5, 5.41) is -0.640. The van der Waals surface area contributed by atoms with Gasteiger partial charge in [0.15, 0.2) is 6.30 Å². The summed E-state index contributed by atoms with van der Waals surface area (Å²) in [6, 6.07) is 5.74. The Hall–Kier alpha value is -1.47. The van der Waals surface area contributed by atoms with Crippen LogP contribution in [0.15, 0.2) is 43.0 Å². The van der Waals surface area contributed by atoms with E-state index in [9.17, 15) is 8.78 Å². The Kier molecular flexibility index (Phi) is 6.98. The third kappa shape index (κ3) is 5.28. The molecule has 0 saturated carbocycles. The Morgan fingerprint density at radius 1 is 1.39 bits per heavy atom. The molecule has 2 unspecified atom stereocenters. The predicted octanol–water partition coefficient (Wildman–Crippen LogP) is 5.07. The van der Waals surface area contributed by atoms with E-state index in [1.54, 1.807) is 18.3 Å². The van der Waals surface area contributed by atoms with Crippen LogP contribution in [-0.4, -0.2) is 20.5 Å². The molecule has 0 saturated heterocycles. The Balaban J connectivity index is 2.14. The van der Waals surface area contributed by atoms with Gasteiger partial charge in [-0.05, 0) is 36.3 Å². The second kappa shape index (κ2) is 8.98. The van der Waals surface area contributed by atoms with Gasteiger partial charge in [-0.2, -0.15) is 0 Å². The first kappa shape index (κ1) is 17.9. The minimum absolute atomic E-state index is 0.288. The molecule has 124 valence electrons. The minimum Gasteiger partial charge on any atom is -0.479 e. The lowest BCUT2D eigenvalue weighted by molar-refractivity contribution is 0.235. The quantitative estimate of drug-likeness (QED) is 0.511. The average molecular weight is 356 g/mol. The van der Waals surface area contributed by atoms with Crippen molar-refractivity contribution in [2.45, 2.75) is 31.3 Å². The van der Waals surface area contributed by atoms with Crippen molar-refractivity contribution in [2.24, 2.45) is 0 Å². The summed E-state index contributed by atoms with van der Waals surface area (Å²) in [6.45, 7) is 2.57. The number of alkyl halides is 1. The Morgan fingerprint density at radius 2 is 2.13 bits per heavy atom. The molecule has 1 aromatic heterocycles. The lowest BCUT2D eigenvalue weighted by Gasteiger charge is -2.22. The topological polar surface area (TPSA) is 27.1 Å². The molecular weight excluding hydrogens is 338 g/mol. The molecule has 0 aliphatic rings. The maximum Gasteiger partial charge on any atom is 0.220 e. The third-order valence-electron chi connectivity index (χ3n) is 3.20. The zero-order valence-corrected chi connectivity index (χ0v) is 14.3. The van der Waals surface area contributed by atoms with E-state index in [-0.39, 0.29) is 10.2 Å². The highest BCUT2D eigenvalue weighted by atomic mass is 32.2. The van der Waals surface area contributed by atoms with Crippen molar-refractivity contribution >= 4 is 28.4 Å². The van der Waals surface area contributed by atoms with Crippen LogP contribution in [0.5, 0.6) is 0 Å². The fraction of sp³-hybridized carbons (Fsp3) is 0.375. The van der Waals surface area contributed by atoms with Gasteiger partial charge in [-0.25, -0.2) is 13.8 Å². The van der Waals surface area contributed by atoms with E-state index >= 15 is 0 Å². The standard InChI is InChI=1S/C16H18F2N2OS2/c1-2-3-10-21-16(22)23-14(12-4-6-13(17)7-5-12)15(18)20-9-8-19-11-20/h4-9,11,14-15H,2-3,10H2,1H3. The number of nitrogens with zero attached hydrogens (tertiary/aromatic N) is 2. The van der Waals surface area contributed by atoms with Crippen molar-refractivity contribution in [3.63, 3.8) is 0 Å². The Morgan fingerprint density at radius 3 is 2.74 bits per heavy atom. The Bertz CT molecular complexity index is 605. The van der Waals surface area contributed by atoms with Gasteiger partial charge in [-0.1, -0.05) is 37.2 Å². The number of hydrogen-bond donors (Lipinski definition) is 0. The molecule has 3 nitrogen and oxygen atoms in total. The van der Waals surface area contributed by atoms with E-state index in [4.69, 9.17) is 17.0 Å². The van der Waals surface area contributed by atoms with Crippen LogP contribution in [-0.2, 0) is 4.74 Å². The molecule has 0 radical (unpaired) electrons. The van der Waals surface area contributed by atoms with Crippen molar-refractivity contribution in [3.05, 3.63) is 54.4 Å². The maximum absolute atomic E-state index is 14.9. The summed E-state index contributed by atoms with van der Waals surface area (Å²) < 4.78 is 35.1. The van der Waals surface area contributed by atoms with Crippen molar-refractivity contribution in [3.8, 4) is 0 Å². The van der Waals surface area contributed by atoms with Gasteiger partial charge >= 0.3 is 0 Å². The highest BCUT2D eigenvalue weighted by molar-refractivity contribution is 8.22. The smallest absolute Gasteiger partial charge is 0.220 e. The number of aromatic nitrogens is 2. The molecule has 0 spiro atoms. The molecule has 0 fully saturated rings. The molecule has 1 heterocycles. The molecule has 0 amide bonds. The van der Waals surface area contributed by atoms with E-state index in [1.165, 1.54) is 29.2 Å². The molecule has 7 heteroatoms. The first-order valence-electron chi connectivity index (χ1n) is 7.32. The molecule has 2 aromatic rings. The van der Waals surface area contributed by atoms with Gasteiger partial charge in [0.1, 0.15) is 5.82 Å². The second-order valence-electron chi connectivity index (χ2n) is 4.92. The van der Waals surface area contributed by atoms with Crippen LogP contribution >= 0.6 is 24.0 Å². The molecule has 0 aliphatic carbocycles. The van der Waals surface area contributed by atoms with Gasteiger partial charge < -0.3 is 9.30 Å². The SMILES string of the molecule is CCCCOC(=S)SC(c1ccc(F)cc1)C(F)n1ccnc1. The third-order valence-corrected chi connectivity index (χ3v) is 4.67. The lowest BCUT2D eigenvalue weighted by atomic mass is 10.1. The largest absolute Gasteiger partial charge is 0.479 e. The number of halogens is 2. The fourth-order valence-corrected chi connectivity index (χ4v) is 3.24. The van der Waals surface area contributed by atoms with E-state index in [1.807, 2.05) is 0 Å². The minimum atomic E-state index is -1.39. The number of ether oxygens (including phenoxy) is 1. The highest BCUT2D eigenvalue weighted by Gasteiger charge is 2.27. The summed E-state index contributed by atoms with van der Waals surface area (Å²) in [4.78, 5) is 3.86. The molecule has 2 rings (SSSR count). The number of unbranched alkanes of at least 4 members (excludes halogenated alkanes) is 1. The molecule has 0 aliphatic heterocycles. The number of benzene rings is 1. The number of thioether (sulfide) groups is 1. The molecule has 0 N–H and O–H groups in total. The first-order valence-corrected chi connectivity index (χ1v) is 8.61. The molecular formula is C16H18F2N2OS2. The molecule has 23 heavy (non-hydrogen) atoms. The van der Waals surface area contributed by atoms with E-state index in [2.05, 4.69) is 11.9 Å². The highest BCUT2D eigenvalue weighted by Crippen LogP contribution is 2.40. The van der Waals surface area contributed by atoms with Gasteiger partial charge in [0, 0.05) is 12.4 Å². The summed E-state index contributed by atoms with van der Waals surface area (Å²) in [6.07, 6.45) is 4.96. The zero-order valence-electron chi connectivity index (χ0n) is 12.7. The second-order valence-corrected chi connectivity index (χ2v) is 6.67. The van der Waals surface area contributed by atoms with Gasteiger partial charge in [0.2, 0.25) is 4.38 Å². The van der Waals surface area contributed by atoms with E-state index in [0.717, 1.165) is 24.6 Å². The number of hydrogen-bond acceptors (Lipinski definition) is 4. The molecule has 0 bridgehead atoms. The zero-order chi connectivity index (χ0) is 16.7. The maximum atomic E-state index is 14.9. The summed E-state index contributed by atoms with van der Waals surface area (Å²) >= 11 is 6.32. The van der Waals surface area contributed by atoms with Gasteiger partial charge in [-0.3, -0.25) is 0 Å². The number of thiocarbonyl (C=S) groups is 1. The van der Waals surface area contributed by atoms with Crippen molar-refractivity contribution in [1.82, 2.24) is 9.55 Å². The van der Waals surface area contributed by atoms with Gasteiger partial charge in [0.05, 0.1) is 18.2 Å². The van der Waals surface area contributed by atoms with Crippen molar-refractivity contribution in [1.29, 1.82) is 0 Å². The van der Waals surface area contributed by atoms with E-state index < -0.39 is 11.5 Å². The van der Waals surface area contributed by atoms with Crippen LogP contribution in [0.2, 0.25) is 0 Å². The van der Waals surface area contributed by atoms with Crippen molar-refractivity contribution < 1.29 is 13.5 Å². The van der Waals surface area contributed by atoms with Crippen LogP contribution in [0.3, 0.4) is 0 Å². The molecule has 1 aromatic carbocycles. The summed E-state index contributed by atoms with van der Waals surface area (Å²) in [5.74, 6) is -0.364. The summed E-state index contributed by atoms with van der Waals surface area (Å²) in [7, 11) is 0. The van der Waals surface area contributed by atoms with Crippen molar-refractivity contribution in [2.75, 3.05) is 6.61 Å².